The first-order valence-electron chi connectivity index (χ1n) is 8.92. The minimum atomic E-state index is -0.149. The molecule has 1 aliphatic heterocycles. The Bertz CT molecular complexity index is 937. The molecule has 0 fully saturated rings. The first-order valence-corrected chi connectivity index (χ1v) is 9.33. The number of carbonyl (C=O) groups is 1. The molecule has 1 aromatic heterocycles. The van der Waals surface area contributed by atoms with E-state index in [4.69, 9.17) is 26.4 Å². The van der Waals surface area contributed by atoms with Gasteiger partial charge in [-0.15, -0.1) is 0 Å². The summed E-state index contributed by atoms with van der Waals surface area (Å²) < 4.78 is 17.5. The number of H-pyrrole nitrogens is 1. The van der Waals surface area contributed by atoms with Gasteiger partial charge in [0.2, 0.25) is 12.7 Å². The summed E-state index contributed by atoms with van der Waals surface area (Å²) in [5.74, 6) is 1.19. The van der Waals surface area contributed by atoms with Crippen molar-refractivity contribution >= 4 is 29.0 Å². The standard InChI is InChI=1S/C18H23N3O5S/c1-24-8-6-19-16(22)5-3-2-4-7-21-17(23)12-9-14-15(26-11-25-14)10-13(12)20-18(21)27/h9-10H,2-8,11H2,1H3,(H,19,22)(H,20,27). The van der Waals surface area contributed by atoms with E-state index in [-0.39, 0.29) is 18.3 Å². The molecule has 0 spiro atoms. The summed E-state index contributed by atoms with van der Waals surface area (Å²) in [7, 11) is 1.60. The molecular weight excluding hydrogens is 370 g/mol. The van der Waals surface area contributed by atoms with Crippen LogP contribution >= 0.6 is 12.2 Å². The Kier molecular flexibility index (Phi) is 6.46. The Morgan fingerprint density at radius 2 is 2.07 bits per heavy atom. The number of ether oxygens (including phenoxy) is 3. The second kappa shape index (κ2) is 9.01. The molecule has 9 heteroatoms. The lowest BCUT2D eigenvalue weighted by molar-refractivity contribution is -0.121. The minimum absolute atomic E-state index is 0.0169. The van der Waals surface area contributed by atoms with E-state index in [1.165, 1.54) is 0 Å². The first kappa shape index (κ1) is 19.4. The fourth-order valence-corrected chi connectivity index (χ4v) is 3.24. The summed E-state index contributed by atoms with van der Waals surface area (Å²) >= 11 is 5.33. The molecular formula is C18H23N3O5S. The van der Waals surface area contributed by atoms with Crippen LogP contribution in [0.1, 0.15) is 25.7 Å². The predicted octanol–water partition coefficient (Wildman–Crippen LogP) is 2.11. The first-order chi connectivity index (χ1) is 13.1. The Labute approximate surface area is 161 Å². The molecule has 2 aromatic rings. The van der Waals surface area contributed by atoms with Gasteiger partial charge in [-0.2, -0.15) is 0 Å². The number of aromatic nitrogens is 2. The van der Waals surface area contributed by atoms with Crippen LogP contribution < -0.4 is 20.3 Å². The average Bonchev–Trinajstić information content (AvgIpc) is 3.10. The van der Waals surface area contributed by atoms with E-state index >= 15 is 0 Å². The van der Waals surface area contributed by atoms with Crippen molar-refractivity contribution in [1.82, 2.24) is 14.9 Å². The Balaban J connectivity index is 1.57. The third-order valence-electron chi connectivity index (χ3n) is 4.39. The molecule has 0 bridgehead atoms. The highest BCUT2D eigenvalue weighted by atomic mass is 32.1. The zero-order valence-corrected chi connectivity index (χ0v) is 16.0. The molecule has 8 nitrogen and oxygen atoms in total. The topological polar surface area (TPSA) is 94.6 Å². The highest BCUT2D eigenvalue weighted by Gasteiger charge is 2.17. The van der Waals surface area contributed by atoms with Crippen LogP contribution in [0.15, 0.2) is 16.9 Å². The summed E-state index contributed by atoms with van der Waals surface area (Å²) in [5.41, 5.74) is 0.489. The van der Waals surface area contributed by atoms with Crippen molar-refractivity contribution < 1.29 is 19.0 Å². The zero-order chi connectivity index (χ0) is 19.2. The third kappa shape index (κ3) is 4.67. The number of hydrogen-bond donors (Lipinski definition) is 2. The maximum atomic E-state index is 12.8. The Morgan fingerprint density at radius 3 is 2.85 bits per heavy atom. The number of rotatable bonds is 9. The second-order valence-electron chi connectivity index (χ2n) is 6.29. The smallest absolute Gasteiger partial charge is 0.262 e. The molecule has 0 radical (unpaired) electrons. The summed E-state index contributed by atoms with van der Waals surface area (Å²) in [6, 6.07) is 3.42. The quantitative estimate of drug-likeness (QED) is 0.501. The number of nitrogens with one attached hydrogen (secondary N) is 2. The van der Waals surface area contributed by atoms with Crippen molar-refractivity contribution in [2.45, 2.75) is 32.2 Å². The Hall–Kier alpha value is -2.39. The van der Waals surface area contributed by atoms with Gasteiger partial charge in [-0.05, 0) is 31.1 Å². The number of aromatic amines is 1. The van der Waals surface area contributed by atoms with Gasteiger partial charge in [0.15, 0.2) is 16.3 Å². The van der Waals surface area contributed by atoms with Gasteiger partial charge in [0.1, 0.15) is 0 Å². The molecule has 2 N–H and O–H groups in total. The molecule has 3 rings (SSSR count). The number of hydrogen-bond acceptors (Lipinski definition) is 6. The normalized spacial score (nSPS) is 12.5. The van der Waals surface area contributed by atoms with Crippen molar-refractivity contribution in [3.05, 3.63) is 27.3 Å². The lowest BCUT2D eigenvalue weighted by Crippen LogP contribution is -2.26. The summed E-state index contributed by atoms with van der Waals surface area (Å²) in [4.78, 5) is 27.5. The van der Waals surface area contributed by atoms with Crippen molar-refractivity contribution in [2.75, 3.05) is 27.1 Å². The van der Waals surface area contributed by atoms with Gasteiger partial charge in [0.25, 0.3) is 5.56 Å². The van der Waals surface area contributed by atoms with Gasteiger partial charge in [-0.25, -0.2) is 0 Å². The highest BCUT2D eigenvalue weighted by Crippen LogP contribution is 2.34. The average molecular weight is 393 g/mol. The van der Waals surface area contributed by atoms with Crippen LogP contribution in [-0.4, -0.2) is 42.5 Å². The SMILES string of the molecule is COCCNC(=O)CCCCCn1c(=S)[nH]c2cc3c(cc2c1=O)OCO3. The second-order valence-corrected chi connectivity index (χ2v) is 6.68. The van der Waals surface area contributed by atoms with Gasteiger partial charge >= 0.3 is 0 Å². The molecule has 1 amide bonds. The molecule has 0 aliphatic carbocycles. The van der Waals surface area contributed by atoms with Crippen LogP contribution in [-0.2, 0) is 16.1 Å². The largest absolute Gasteiger partial charge is 0.454 e. The van der Waals surface area contributed by atoms with Gasteiger partial charge in [-0.1, -0.05) is 6.42 Å². The van der Waals surface area contributed by atoms with E-state index in [1.54, 1.807) is 23.8 Å². The van der Waals surface area contributed by atoms with E-state index in [2.05, 4.69) is 10.3 Å². The molecule has 0 saturated carbocycles. The van der Waals surface area contributed by atoms with Crippen molar-refractivity contribution in [1.29, 1.82) is 0 Å². The number of carbonyl (C=O) groups excluding carboxylic acids is 1. The maximum Gasteiger partial charge on any atom is 0.262 e. The molecule has 0 atom stereocenters. The molecule has 0 unspecified atom stereocenters. The van der Waals surface area contributed by atoms with E-state index < -0.39 is 0 Å². The fraction of sp³-hybridized carbons (Fsp3) is 0.500. The van der Waals surface area contributed by atoms with Gasteiger partial charge in [0.05, 0.1) is 17.5 Å². The van der Waals surface area contributed by atoms with E-state index in [1.807, 2.05) is 0 Å². The summed E-state index contributed by atoms with van der Waals surface area (Å²) in [5, 5.41) is 3.31. The molecule has 27 heavy (non-hydrogen) atoms. The lowest BCUT2D eigenvalue weighted by Gasteiger charge is -2.09. The molecule has 1 aliphatic rings. The minimum Gasteiger partial charge on any atom is -0.454 e. The highest BCUT2D eigenvalue weighted by molar-refractivity contribution is 7.71. The van der Waals surface area contributed by atoms with Crippen LogP contribution in [0.2, 0.25) is 0 Å². The van der Waals surface area contributed by atoms with E-state index in [9.17, 15) is 9.59 Å². The van der Waals surface area contributed by atoms with Gasteiger partial charge < -0.3 is 24.5 Å². The van der Waals surface area contributed by atoms with Crippen LogP contribution in [0, 0.1) is 4.77 Å². The predicted molar refractivity (Wildman–Crippen MR) is 103 cm³/mol. The van der Waals surface area contributed by atoms with E-state index in [0.717, 1.165) is 19.3 Å². The number of benzene rings is 1. The number of nitrogens with zero attached hydrogens (tertiary/aromatic N) is 1. The third-order valence-corrected chi connectivity index (χ3v) is 4.71. The van der Waals surface area contributed by atoms with Crippen molar-refractivity contribution in [2.24, 2.45) is 0 Å². The number of amides is 1. The van der Waals surface area contributed by atoms with Gasteiger partial charge in [0, 0.05) is 32.7 Å². The molecule has 0 saturated heterocycles. The van der Waals surface area contributed by atoms with Crippen LogP contribution in [0.5, 0.6) is 11.5 Å². The number of unbranched alkanes of at least 4 members (excludes halogenated alkanes) is 2. The fourth-order valence-electron chi connectivity index (χ4n) is 2.96. The molecule has 146 valence electrons. The van der Waals surface area contributed by atoms with Crippen LogP contribution in [0.25, 0.3) is 10.9 Å². The lowest BCUT2D eigenvalue weighted by atomic mass is 10.2. The van der Waals surface area contributed by atoms with E-state index in [0.29, 0.717) is 53.3 Å². The number of fused-ring (bicyclic) bond motifs is 2. The van der Waals surface area contributed by atoms with Crippen molar-refractivity contribution in [3.63, 3.8) is 0 Å². The summed E-state index contributed by atoms with van der Waals surface area (Å²) in [6.45, 7) is 1.69. The molecule has 2 heterocycles. The maximum absolute atomic E-state index is 12.8. The van der Waals surface area contributed by atoms with Gasteiger partial charge in [-0.3, -0.25) is 14.2 Å². The molecule has 1 aromatic carbocycles. The van der Waals surface area contributed by atoms with Crippen LogP contribution in [0.4, 0.5) is 0 Å². The van der Waals surface area contributed by atoms with Crippen molar-refractivity contribution in [3.8, 4) is 11.5 Å². The number of methoxy groups -OCH3 is 1. The summed E-state index contributed by atoms with van der Waals surface area (Å²) in [6.07, 6.45) is 2.82. The van der Waals surface area contributed by atoms with Crippen LogP contribution in [0.3, 0.4) is 0 Å². The monoisotopic (exact) mass is 393 g/mol. The zero-order valence-electron chi connectivity index (χ0n) is 15.2. The Morgan fingerprint density at radius 1 is 1.30 bits per heavy atom.